The number of aliphatic imine (C=N–C) groups is 1. The summed E-state index contributed by atoms with van der Waals surface area (Å²) in [7, 11) is 0. The van der Waals surface area contributed by atoms with E-state index in [0.717, 1.165) is 13.2 Å². The second-order valence-electron chi connectivity index (χ2n) is 4.77. The van der Waals surface area contributed by atoms with Crippen molar-refractivity contribution in [1.82, 2.24) is 0 Å². The van der Waals surface area contributed by atoms with Crippen LogP contribution in [-0.4, -0.2) is 19.6 Å². The summed E-state index contributed by atoms with van der Waals surface area (Å²) in [4.78, 5) is 3.74. The lowest BCUT2D eigenvalue weighted by Crippen LogP contribution is -1.85. The fourth-order valence-corrected chi connectivity index (χ4v) is 2.21. The first-order chi connectivity index (χ1) is 14.0. The molecule has 28 heavy (non-hydrogen) atoms. The summed E-state index contributed by atoms with van der Waals surface area (Å²) in [6.07, 6.45) is 18.0. The van der Waals surface area contributed by atoms with Crippen LogP contribution in [0.3, 0.4) is 0 Å². The number of nitrogens with zero attached hydrogens (tertiary/aromatic N) is 1. The minimum absolute atomic E-state index is 0.778. The summed E-state index contributed by atoms with van der Waals surface area (Å²) in [5, 5.41) is 0. The van der Waals surface area contributed by atoms with Crippen molar-refractivity contribution in [3.8, 4) is 0 Å². The normalized spacial score (nSPS) is 14.1. The first-order valence-corrected chi connectivity index (χ1v) is 13.1. The van der Waals surface area contributed by atoms with Gasteiger partial charge < -0.3 is 4.74 Å². The molecule has 2 nitrogen and oxygen atoms in total. The maximum absolute atomic E-state index is 4.65. The van der Waals surface area contributed by atoms with Gasteiger partial charge in [-0.3, -0.25) is 4.99 Å². The molecule has 2 saturated carbocycles. The largest absolute Gasteiger partial charge is 0.482 e. The Kier molecular flexibility index (Phi) is 107. The van der Waals surface area contributed by atoms with E-state index >= 15 is 0 Å². The topological polar surface area (TPSA) is 21.6 Å². The maximum atomic E-state index is 4.65. The highest BCUT2D eigenvalue weighted by Crippen LogP contribution is 2.15. The highest BCUT2D eigenvalue weighted by atomic mass is 16.5. The van der Waals surface area contributed by atoms with Crippen LogP contribution in [-0.2, 0) is 4.74 Å². The predicted octanol–water partition coefficient (Wildman–Crippen LogP) is 10.5. The van der Waals surface area contributed by atoms with E-state index in [2.05, 4.69) is 9.73 Å². The van der Waals surface area contributed by atoms with Gasteiger partial charge >= 0.3 is 0 Å². The molecule has 0 amide bonds. The zero-order chi connectivity index (χ0) is 23.3. The van der Waals surface area contributed by atoms with E-state index in [1.807, 2.05) is 83.1 Å². The molecule has 1 heterocycles. The average Bonchev–Trinajstić information content (AvgIpc) is 3.63. The molecular formula is C26H63NO. The Balaban J connectivity index is -0.0000000516. The van der Waals surface area contributed by atoms with E-state index in [1.54, 1.807) is 0 Å². The van der Waals surface area contributed by atoms with Crippen molar-refractivity contribution in [3.63, 3.8) is 0 Å². The summed E-state index contributed by atoms with van der Waals surface area (Å²) < 4.78 is 4.65. The fourth-order valence-electron chi connectivity index (χ4n) is 2.21. The van der Waals surface area contributed by atoms with Crippen molar-refractivity contribution in [2.75, 3.05) is 13.2 Å². The molecule has 0 N–H and O–H groups in total. The van der Waals surface area contributed by atoms with Crippen molar-refractivity contribution in [2.24, 2.45) is 4.99 Å². The van der Waals surface area contributed by atoms with Crippen LogP contribution in [0.15, 0.2) is 4.99 Å². The second kappa shape index (κ2) is 71.8. The minimum Gasteiger partial charge on any atom is -0.482 e. The Morgan fingerprint density at radius 3 is 0.714 bits per heavy atom. The van der Waals surface area contributed by atoms with Crippen LogP contribution in [0.5, 0.6) is 0 Å². The van der Waals surface area contributed by atoms with Gasteiger partial charge in [0.05, 0.1) is 6.54 Å². The molecule has 0 radical (unpaired) electrons. The van der Waals surface area contributed by atoms with Gasteiger partial charge in [0.25, 0.3) is 0 Å². The highest BCUT2D eigenvalue weighted by molar-refractivity contribution is 5.47. The molecule has 0 unspecified atom stereocenters. The van der Waals surface area contributed by atoms with Crippen LogP contribution < -0.4 is 0 Å². The van der Waals surface area contributed by atoms with E-state index in [-0.39, 0.29) is 0 Å². The molecule has 2 aliphatic carbocycles. The van der Waals surface area contributed by atoms with Gasteiger partial charge in [-0.05, 0) is 0 Å². The van der Waals surface area contributed by atoms with Crippen LogP contribution in [0.25, 0.3) is 0 Å². The smallest absolute Gasteiger partial charge is 0.169 e. The third-order valence-electron chi connectivity index (χ3n) is 3.24. The Labute approximate surface area is 183 Å². The lowest BCUT2D eigenvalue weighted by atomic mass is 10.0. The SMILES string of the molecule is C1=NCCO1.C1CCCC1.C1CCCCC1.CC.CC.CC.CC.CC.CC. The lowest BCUT2D eigenvalue weighted by Gasteiger charge is -2.05. The quantitative estimate of drug-likeness (QED) is 0.392. The minimum atomic E-state index is 0.778. The van der Waals surface area contributed by atoms with Gasteiger partial charge in [0.2, 0.25) is 0 Å². The number of rotatable bonds is 0. The van der Waals surface area contributed by atoms with Crippen LogP contribution >= 0.6 is 0 Å². The second-order valence-corrected chi connectivity index (χ2v) is 4.77. The van der Waals surface area contributed by atoms with Crippen molar-refractivity contribution in [3.05, 3.63) is 0 Å². The molecule has 178 valence electrons. The Morgan fingerprint density at radius 2 is 0.643 bits per heavy atom. The van der Waals surface area contributed by atoms with Gasteiger partial charge in [0.15, 0.2) is 6.40 Å². The molecule has 0 aromatic rings. The lowest BCUT2D eigenvalue weighted by molar-refractivity contribution is 0.361. The van der Waals surface area contributed by atoms with Crippen molar-refractivity contribution >= 4 is 6.40 Å². The van der Waals surface area contributed by atoms with E-state index in [1.165, 1.54) is 77.0 Å². The van der Waals surface area contributed by atoms with Crippen molar-refractivity contribution in [1.29, 1.82) is 0 Å². The average molecular weight is 406 g/mol. The molecule has 0 saturated heterocycles. The van der Waals surface area contributed by atoms with Gasteiger partial charge in [0.1, 0.15) is 6.61 Å². The van der Waals surface area contributed by atoms with E-state index in [4.69, 9.17) is 0 Å². The molecule has 0 aromatic heterocycles. The molecular weight excluding hydrogens is 342 g/mol. The summed E-state index contributed by atoms with van der Waals surface area (Å²) in [6, 6.07) is 0. The standard InChI is InChI=1S/C6H12.C5H10.C3H5NO.6C2H6/c1-2-4-6-5-3-1;1-2-4-5-3-1;1-2-5-3-4-1;6*1-2/h1-6H2;1-5H2;3H,1-2H2;6*1-2H3. The molecule has 2 heteroatoms. The van der Waals surface area contributed by atoms with E-state index < -0.39 is 0 Å². The Hall–Kier alpha value is -0.530. The zero-order valence-electron chi connectivity index (χ0n) is 22.6. The van der Waals surface area contributed by atoms with Gasteiger partial charge in [-0.25, -0.2) is 0 Å². The van der Waals surface area contributed by atoms with Gasteiger partial charge in [-0.1, -0.05) is 154 Å². The summed E-state index contributed by atoms with van der Waals surface area (Å²) >= 11 is 0. The van der Waals surface area contributed by atoms with Crippen LogP contribution in [0.4, 0.5) is 0 Å². The molecule has 2 fully saturated rings. The van der Waals surface area contributed by atoms with Crippen LogP contribution in [0, 0.1) is 0 Å². The molecule has 0 bridgehead atoms. The third kappa shape index (κ3) is 63.7. The van der Waals surface area contributed by atoms with E-state index in [9.17, 15) is 0 Å². The van der Waals surface area contributed by atoms with Crippen molar-refractivity contribution < 1.29 is 4.74 Å². The van der Waals surface area contributed by atoms with E-state index in [0.29, 0.717) is 0 Å². The first kappa shape index (κ1) is 41.8. The summed E-state index contributed by atoms with van der Waals surface area (Å²) in [5.41, 5.74) is 0. The molecule has 0 aromatic carbocycles. The molecule has 0 spiro atoms. The predicted molar refractivity (Wildman–Crippen MR) is 138 cm³/mol. The van der Waals surface area contributed by atoms with Gasteiger partial charge in [-0.15, -0.1) is 0 Å². The summed E-state index contributed by atoms with van der Waals surface area (Å²) in [5.74, 6) is 0. The van der Waals surface area contributed by atoms with Gasteiger partial charge in [0, 0.05) is 0 Å². The van der Waals surface area contributed by atoms with Crippen LogP contribution in [0.2, 0.25) is 0 Å². The van der Waals surface area contributed by atoms with Gasteiger partial charge in [-0.2, -0.15) is 0 Å². The Morgan fingerprint density at radius 1 is 0.429 bits per heavy atom. The van der Waals surface area contributed by atoms with Crippen molar-refractivity contribution in [2.45, 2.75) is 154 Å². The molecule has 3 rings (SSSR count). The zero-order valence-corrected chi connectivity index (χ0v) is 22.6. The molecule has 0 atom stereocenters. The monoisotopic (exact) mass is 405 g/mol. The fraction of sp³-hybridized carbons (Fsp3) is 0.962. The third-order valence-corrected chi connectivity index (χ3v) is 3.24. The number of hydrogen-bond donors (Lipinski definition) is 0. The summed E-state index contributed by atoms with van der Waals surface area (Å²) in [6.45, 7) is 25.6. The maximum Gasteiger partial charge on any atom is 0.169 e. The Bertz CT molecular complexity index is 137. The molecule has 1 aliphatic heterocycles. The number of hydrogen-bond acceptors (Lipinski definition) is 2. The molecule has 3 aliphatic rings. The first-order valence-electron chi connectivity index (χ1n) is 13.1. The number of ether oxygens (including phenoxy) is 1. The highest BCUT2D eigenvalue weighted by Gasteiger charge is 1.96. The van der Waals surface area contributed by atoms with Crippen LogP contribution in [0.1, 0.15) is 154 Å².